The fraction of sp³-hybridized carbons (Fsp3) is 0.545. The molecule has 1 N–H and O–H groups in total. The highest BCUT2D eigenvalue weighted by Crippen LogP contribution is 2.12. The molecule has 0 fully saturated rings. The summed E-state index contributed by atoms with van der Waals surface area (Å²) in [5.74, 6) is -1.47. The van der Waals surface area contributed by atoms with Gasteiger partial charge in [-0.1, -0.05) is 0 Å². The number of esters is 1. The molecular formula is C11H16N2O4. The van der Waals surface area contributed by atoms with Gasteiger partial charge in [-0.25, -0.2) is 4.79 Å². The Morgan fingerprint density at radius 1 is 1.41 bits per heavy atom. The number of aromatic carboxylic acids is 1. The zero-order valence-electron chi connectivity index (χ0n) is 10.4. The molecule has 1 heterocycles. The summed E-state index contributed by atoms with van der Waals surface area (Å²) >= 11 is 0. The largest absolute Gasteiger partial charge is 0.478 e. The Labute approximate surface area is 99.2 Å². The zero-order valence-corrected chi connectivity index (χ0v) is 10.4. The highest BCUT2D eigenvalue weighted by Gasteiger charge is 2.19. The Morgan fingerprint density at radius 3 is 2.41 bits per heavy atom. The predicted molar refractivity (Wildman–Crippen MR) is 59.9 cm³/mol. The van der Waals surface area contributed by atoms with Crippen molar-refractivity contribution in [3.8, 4) is 0 Å². The first-order chi connectivity index (χ1) is 7.82. The Balaban J connectivity index is 2.90. The number of aromatic nitrogens is 2. The lowest BCUT2D eigenvalue weighted by Gasteiger charge is -2.08. The molecule has 0 atom stereocenters. The minimum atomic E-state index is -1.04. The van der Waals surface area contributed by atoms with Crippen molar-refractivity contribution in [3.05, 3.63) is 17.0 Å². The molecule has 0 aliphatic heterocycles. The maximum atomic E-state index is 11.4. The Hall–Kier alpha value is -1.85. The molecule has 1 rings (SSSR count). The number of carbonyl (C=O) groups excluding carboxylic acids is 1. The van der Waals surface area contributed by atoms with Gasteiger partial charge in [0.25, 0.3) is 0 Å². The van der Waals surface area contributed by atoms with Gasteiger partial charge in [-0.05, 0) is 27.7 Å². The van der Waals surface area contributed by atoms with E-state index in [9.17, 15) is 9.59 Å². The molecule has 6 nitrogen and oxygen atoms in total. The molecule has 0 unspecified atom stereocenters. The lowest BCUT2D eigenvalue weighted by molar-refractivity contribution is -0.148. The van der Waals surface area contributed by atoms with Crippen molar-refractivity contribution in [1.82, 2.24) is 9.78 Å². The number of ether oxygens (including phenoxy) is 1. The molecule has 94 valence electrons. The van der Waals surface area contributed by atoms with E-state index in [1.54, 1.807) is 27.7 Å². The summed E-state index contributed by atoms with van der Waals surface area (Å²) in [6.07, 6.45) is -0.196. The minimum Gasteiger partial charge on any atom is -0.478 e. The summed E-state index contributed by atoms with van der Waals surface area (Å²) in [6.45, 7) is 6.65. The van der Waals surface area contributed by atoms with Crippen LogP contribution in [0.3, 0.4) is 0 Å². The summed E-state index contributed by atoms with van der Waals surface area (Å²) in [7, 11) is 0. The molecule has 0 saturated carbocycles. The molecule has 0 saturated heterocycles. The van der Waals surface area contributed by atoms with Crippen molar-refractivity contribution in [2.45, 2.75) is 40.3 Å². The second-order valence-electron chi connectivity index (χ2n) is 4.05. The van der Waals surface area contributed by atoms with Crippen molar-refractivity contribution in [1.29, 1.82) is 0 Å². The van der Waals surface area contributed by atoms with Crippen LogP contribution in [-0.4, -0.2) is 32.9 Å². The third kappa shape index (κ3) is 3.05. The van der Waals surface area contributed by atoms with Crippen molar-refractivity contribution in [2.75, 3.05) is 0 Å². The molecule has 6 heteroatoms. The number of hydrogen-bond acceptors (Lipinski definition) is 4. The molecule has 0 bridgehead atoms. The second kappa shape index (κ2) is 4.99. The van der Waals surface area contributed by atoms with Gasteiger partial charge in [-0.2, -0.15) is 5.10 Å². The van der Waals surface area contributed by atoms with Crippen LogP contribution in [0.5, 0.6) is 0 Å². The first-order valence-electron chi connectivity index (χ1n) is 5.29. The highest BCUT2D eigenvalue weighted by atomic mass is 16.5. The van der Waals surface area contributed by atoms with Crippen LogP contribution < -0.4 is 0 Å². The van der Waals surface area contributed by atoms with E-state index >= 15 is 0 Å². The molecule has 0 aliphatic rings. The molecule has 17 heavy (non-hydrogen) atoms. The third-order valence-corrected chi connectivity index (χ3v) is 2.24. The number of nitrogens with zero attached hydrogens (tertiary/aromatic N) is 2. The third-order valence-electron chi connectivity index (χ3n) is 2.24. The van der Waals surface area contributed by atoms with Crippen molar-refractivity contribution in [2.24, 2.45) is 0 Å². The van der Waals surface area contributed by atoms with Gasteiger partial charge in [0.2, 0.25) is 0 Å². The number of carbonyl (C=O) groups is 2. The molecule has 1 aromatic heterocycles. The van der Waals surface area contributed by atoms with E-state index in [2.05, 4.69) is 5.10 Å². The first kappa shape index (κ1) is 13.2. The average Bonchev–Trinajstić information content (AvgIpc) is 2.39. The topological polar surface area (TPSA) is 81.4 Å². The van der Waals surface area contributed by atoms with E-state index in [-0.39, 0.29) is 18.2 Å². The van der Waals surface area contributed by atoms with Gasteiger partial charge >= 0.3 is 11.9 Å². The number of carboxylic acid groups (broad SMARTS) is 1. The van der Waals surface area contributed by atoms with Crippen molar-refractivity contribution >= 4 is 11.9 Å². The Morgan fingerprint density at radius 2 is 2.00 bits per heavy atom. The monoisotopic (exact) mass is 240 g/mol. The van der Waals surface area contributed by atoms with Gasteiger partial charge in [-0.3, -0.25) is 9.48 Å². The maximum Gasteiger partial charge on any atom is 0.339 e. The van der Waals surface area contributed by atoms with Gasteiger partial charge in [0.1, 0.15) is 12.1 Å². The summed E-state index contributed by atoms with van der Waals surface area (Å²) in [4.78, 5) is 22.4. The second-order valence-corrected chi connectivity index (χ2v) is 4.05. The summed E-state index contributed by atoms with van der Waals surface area (Å²) < 4.78 is 6.32. The van der Waals surface area contributed by atoms with E-state index in [0.29, 0.717) is 11.4 Å². The fourth-order valence-electron chi connectivity index (χ4n) is 1.58. The van der Waals surface area contributed by atoms with Gasteiger partial charge in [-0.15, -0.1) is 0 Å². The normalized spacial score (nSPS) is 10.6. The number of hydrogen-bond donors (Lipinski definition) is 1. The molecule has 0 spiro atoms. The molecule has 0 amide bonds. The molecule has 0 aliphatic carbocycles. The molecule has 1 aromatic rings. The lowest BCUT2D eigenvalue weighted by Crippen LogP contribution is -2.19. The van der Waals surface area contributed by atoms with Crippen LogP contribution in [0.1, 0.15) is 35.6 Å². The van der Waals surface area contributed by atoms with Crippen LogP contribution in [0.4, 0.5) is 0 Å². The van der Waals surface area contributed by atoms with E-state index in [0.717, 1.165) is 0 Å². The van der Waals surface area contributed by atoms with Crippen molar-refractivity contribution in [3.63, 3.8) is 0 Å². The summed E-state index contributed by atoms with van der Waals surface area (Å²) in [6, 6.07) is 0. The number of aryl methyl sites for hydroxylation is 1. The summed E-state index contributed by atoms with van der Waals surface area (Å²) in [5, 5.41) is 13.0. The van der Waals surface area contributed by atoms with E-state index < -0.39 is 11.9 Å². The SMILES string of the molecule is Cc1nn(CC(=O)OC(C)C)c(C)c1C(=O)O. The van der Waals surface area contributed by atoms with Crippen LogP contribution in [-0.2, 0) is 16.1 Å². The van der Waals surface area contributed by atoms with Crippen LogP contribution in [0.25, 0.3) is 0 Å². The standard InChI is InChI=1S/C11H16N2O4/c1-6(2)17-9(14)5-13-8(4)10(11(15)16)7(3)12-13/h6H,5H2,1-4H3,(H,15,16). The van der Waals surface area contributed by atoms with Gasteiger partial charge in [0.05, 0.1) is 17.5 Å². The number of carboxylic acids is 1. The van der Waals surface area contributed by atoms with Crippen LogP contribution in [0, 0.1) is 13.8 Å². The van der Waals surface area contributed by atoms with Gasteiger partial charge in [0, 0.05) is 0 Å². The van der Waals surface area contributed by atoms with Crippen LogP contribution in [0.15, 0.2) is 0 Å². The van der Waals surface area contributed by atoms with Gasteiger partial charge < -0.3 is 9.84 Å². The maximum absolute atomic E-state index is 11.4. The summed E-state index contributed by atoms with van der Waals surface area (Å²) in [5.41, 5.74) is 0.991. The Bertz CT molecular complexity index is 449. The zero-order chi connectivity index (χ0) is 13.2. The minimum absolute atomic E-state index is 0.0713. The molecular weight excluding hydrogens is 224 g/mol. The van der Waals surface area contributed by atoms with E-state index in [1.165, 1.54) is 4.68 Å². The smallest absolute Gasteiger partial charge is 0.339 e. The van der Waals surface area contributed by atoms with Crippen LogP contribution in [0.2, 0.25) is 0 Å². The quantitative estimate of drug-likeness (QED) is 0.798. The van der Waals surface area contributed by atoms with E-state index in [1.807, 2.05) is 0 Å². The first-order valence-corrected chi connectivity index (χ1v) is 5.29. The molecule has 0 aromatic carbocycles. The van der Waals surface area contributed by atoms with Gasteiger partial charge in [0.15, 0.2) is 0 Å². The van der Waals surface area contributed by atoms with E-state index in [4.69, 9.17) is 9.84 Å². The van der Waals surface area contributed by atoms with Crippen LogP contribution >= 0.6 is 0 Å². The van der Waals surface area contributed by atoms with Crippen molar-refractivity contribution < 1.29 is 19.4 Å². The highest BCUT2D eigenvalue weighted by molar-refractivity contribution is 5.90. The number of rotatable bonds is 4. The Kier molecular flexibility index (Phi) is 3.88. The fourth-order valence-corrected chi connectivity index (χ4v) is 1.58. The average molecular weight is 240 g/mol. The predicted octanol–water partition coefficient (Wildman–Crippen LogP) is 1.15. The molecule has 0 radical (unpaired) electrons. The lowest BCUT2D eigenvalue weighted by atomic mass is 10.2.